The first-order valence-corrected chi connectivity index (χ1v) is 15.3. The van der Waals surface area contributed by atoms with Gasteiger partial charge in [0.25, 0.3) is 0 Å². The molecule has 8 nitrogen and oxygen atoms in total. The van der Waals surface area contributed by atoms with Crippen molar-refractivity contribution >= 4 is 40.3 Å². The number of methoxy groups -OCH3 is 1. The van der Waals surface area contributed by atoms with Crippen LogP contribution in [0.5, 0.6) is 5.75 Å². The number of morpholine rings is 1. The molecule has 2 saturated heterocycles. The van der Waals surface area contributed by atoms with Crippen LogP contribution in [0.3, 0.4) is 0 Å². The van der Waals surface area contributed by atoms with Crippen LogP contribution in [0.15, 0.2) is 72.9 Å². The summed E-state index contributed by atoms with van der Waals surface area (Å²) >= 11 is 12.7. The third kappa shape index (κ3) is 5.95. The van der Waals surface area contributed by atoms with Gasteiger partial charge in [0.15, 0.2) is 5.11 Å². The van der Waals surface area contributed by atoms with Crippen molar-refractivity contribution in [3.8, 4) is 11.4 Å². The van der Waals surface area contributed by atoms with Gasteiger partial charge < -0.3 is 33.9 Å². The Bertz CT molecular complexity index is 1570. The monoisotopic (exact) mass is 617 g/mol. The molecule has 0 aliphatic carbocycles. The van der Waals surface area contributed by atoms with Crippen LogP contribution >= 0.6 is 23.8 Å². The number of halogens is 1. The van der Waals surface area contributed by atoms with Crippen LogP contribution in [-0.4, -0.2) is 61.3 Å². The molecule has 2 fully saturated rings. The van der Waals surface area contributed by atoms with Crippen LogP contribution in [0.2, 0.25) is 5.02 Å². The van der Waals surface area contributed by atoms with Crippen molar-refractivity contribution in [3.63, 3.8) is 0 Å². The van der Waals surface area contributed by atoms with E-state index in [-0.39, 0.29) is 12.1 Å². The lowest BCUT2D eigenvalue weighted by molar-refractivity contribution is 0.122. The maximum Gasteiger partial charge on any atom is 0.174 e. The van der Waals surface area contributed by atoms with Crippen LogP contribution in [0.1, 0.15) is 34.7 Å². The van der Waals surface area contributed by atoms with Gasteiger partial charge in [0, 0.05) is 54.8 Å². The fourth-order valence-electron chi connectivity index (χ4n) is 6.06. The normalized spacial score (nSPS) is 18.7. The molecule has 10 heteroatoms. The smallest absolute Gasteiger partial charge is 0.174 e. The summed E-state index contributed by atoms with van der Waals surface area (Å²) in [6.45, 7) is 8.58. The van der Waals surface area contributed by atoms with Crippen molar-refractivity contribution in [3.05, 3.63) is 101 Å². The summed E-state index contributed by atoms with van der Waals surface area (Å²) in [6.07, 6.45) is 1.82. The molecule has 0 spiro atoms. The van der Waals surface area contributed by atoms with E-state index in [1.165, 1.54) is 5.69 Å². The SMILES string of the molecule is COCCOc1ccc(N2C(=S)N[C@@H](c3ccccn3)[C@H]2c2cc(C)n(-c3ccc(N4CCOCC4)cc3)c2C)cc1Cl. The minimum atomic E-state index is -0.164. The summed E-state index contributed by atoms with van der Waals surface area (Å²) < 4.78 is 18.8. The van der Waals surface area contributed by atoms with Crippen LogP contribution in [-0.2, 0) is 9.47 Å². The highest BCUT2D eigenvalue weighted by atomic mass is 35.5. The van der Waals surface area contributed by atoms with Crippen LogP contribution in [0, 0.1) is 13.8 Å². The van der Waals surface area contributed by atoms with Gasteiger partial charge in [-0.2, -0.15) is 0 Å². The highest BCUT2D eigenvalue weighted by molar-refractivity contribution is 7.80. The van der Waals surface area contributed by atoms with Gasteiger partial charge in [0.2, 0.25) is 0 Å². The molecule has 0 amide bonds. The molecule has 2 aromatic heterocycles. The predicted octanol–water partition coefficient (Wildman–Crippen LogP) is 6.18. The van der Waals surface area contributed by atoms with Crippen LogP contribution < -0.4 is 19.9 Å². The third-order valence-electron chi connectivity index (χ3n) is 8.11. The molecule has 4 aromatic rings. The zero-order valence-electron chi connectivity index (χ0n) is 24.6. The first-order valence-electron chi connectivity index (χ1n) is 14.5. The fraction of sp³-hybridized carbons (Fsp3) is 0.333. The van der Waals surface area contributed by atoms with E-state index < -0.39 is 0 Å². The second-order valence-corrected chi connectivity index (χ2v) is 11.5. The average Bonchev–Trinajstić information content (AvgIpc) is 3.53. The number of aromatic nitrogens is 2. The predicted molar refractivity (Wildman–Crippen MR) is 175 cm³/mol. The fourth-order valence-corrected chi connectivity index (χ4v) is 6.63. The van der Waals surface area contributed by atoms with Gasteiger partial charge in [-0.1, -0.05) is 17.7 Å². The zero-order chi connectivity index (χ0) is 29.9. The molecule has 2 aliphatic heterocycles. The first kappa shape index (κ1) is 29.4. The lowest BCUT2D eigenvalue weighted by Crippen LogP contribution is -2.36. The first-order chi connectivity index (χ1) is 21.0. The van der Waals surface area contributed by atoms with Gasteiger partial charge in [-0.15, -0.1) is 0 Å². The van der Waals surface area contributed by atoms with Gasteiger partial charge in [0.05, 0.1) is 42.6 Å². The van der Waals surface area contributed by atoms with Gasteiger partial charge in [-0.3, -0.25) is 4.98 Å². The zero-order valence-corrected chi connectivity index (χ0v) is 26.2. The van der Waals surface area contributed by atoms with Crippen molar-refractivity contribution in [2.75, 3.05) is 56.4 Å². The minimum Gasteiger partial charge on any atom is -0.490 e. The molecule has 2 atom stereocenters. The van der Waals surface area contributed by atoms with Crippen molar-refractivity contribution in [1.29, 1.82) is 0 Å². The molecule has 2 aromatic carbocycles. The molecule has 43 heavy (non-hydrogen) atoms. The number of hydrogen-bond donors (Lipinski definition) is 1. The summed E-state index contributed by atoms with van der Waals surface area (Å²) in [7, 11) is 1.64. The van der Waals surface area contributed by atoms with E-state index in [4.69, 9.17) is 43.0 Å². The van der Waals surface area contributed by atoms with Gasteiger partial charge in [-0.25, -0.2) is 0 Å². The number of nitrogens with one attached hydrogen (secondary N) is 1. The second kappa shape index (κ2) is 12.9. The number of nitrogens with zero attached hydrogens (tertiary/aromatic N) is 4. The maximum atomic E-state index is 6.71. The van der Waals surface area contributed by atoms with E-state index in [1.54, 1.807) is 7.11 Å². The highest BCUT2D eigenvalue weighted by Crippen LogP contribution is 2.45. The Morgan fingerprint density at radius 2 is 1.72 bits per heavy atom. The molecule has 0 saturated carbocycles. The number of ether oxygens (including phenoxy) is 3. The van der Waals surface area contributed by atoms with E-state index in [1.807, 2.05) is 42.6 Å². The number of rotatable bonds is 9. The largest absolute Gasteiger partial charge is 0.490 e. The van der Waals surface area contributed by atoms with Crippen LogP contribution in [0.4, 0.5) is 11.4 Å². The second-order valence-electron chi connectivity index (χ2n) is 10.7. The van der Waals surface area contributed by atoms with E-state index in [2.05, 4.69) is 63.9 Å². The Morgan fingerprint density at radius 1 is 0.977 bits per heavy atom. The van der Waals surface area contributed by atoms with Crippen molar-refractivity contribution in [2.24, 2.45) is 0 Å². The lowest BCUT2D eigenvalue weighted by Gasteiger charge is -2.29. The minimum absolute atomic E-state index is 0.161. The Hall–Kier alpha value is -3.63. The van der Waals surface area contributed by atoms with Crippen LogP contribution in [0.25, 0.3) is 5.69 Å². The Kier molecular flexibility index (Phi) is 8.85. The van der Waals surface area contributed by atoms with E-state index >= 15 is 0 Å². The van der Waals surface area contributed by atoms with Gasteiger partial charge >= 0.3 is 0 Å². The Morgan fingerprint density at radius 3 is 2.42 bits per heavy atom. The number of anilines is 2. The number of thiocarbonyl (C=S) groups is 1. The van der Waals surface area contributed by atoms with Gasteiger partial charge in [-0.05, 0) is 92.3 Å². The molecule has 4 heterocycles. The number of benzene rings is 2. The standard InChI is InChI=1S/C33H36ClN5O3S/c1-22-20-27(23(2)38(22)25-9-7-24(8-10-25)37-14-16-41-17-15-37)32-31(29-6-4-5-13-35-29)36-33(43)39(32)26-11-12-30(28(34)21-26)42-19-18-40-3/h4-13,20-21,31-32H,14-19H2,1-3H3,(H,36,43)/t31-,32+/m0/s1. The topological polar surface area (TPSA) is 64.0 Å². The van der Waals surface area contributed by atoms with E-state index in [0.717, 1.165) is 60.3 Å². The summed E-state index contributed by atoms with van der Waals surface area (Å²) in [4.78, 5) is 9.23. The number of aryl methyl sites for hydroxylation is 1. The molecule has 1 N–H and O–H groups in total. The highest BCUT2D eigenvalue weighted by Gasteiger charge is 2.42. The summed E-state index contributed by atoms with van der Waals surface area (Å²) in [5, 5.41) is 4.69. The average molecular weight is 618 g/mol. The molecular weight excluding hydrogens is 582 g/mol. The molecule has 0 unspecified atom stereocenters. The van der Waals surface area contributed by atoms with Gasteiger partial charge in [0.1, 0.15) is 12.4 Å². The lowest BCUT2D eigenvalue weighted by atomic mass is 9.96. The van der Waals surface area contributed by atoms with Crippen molar-refractivity contribution in [1.82, 2.24) is 14.9 Å². The van der Waals surface area contributed by atoms with Crippen molar-refractivity contribution in [2.45, 2.75) is 25.9 Å². The summed E-state index contributed by atoms with van der Waals surface area (Å²) in [6, 6.07) is 22.5. The van der Waals surface area contributed by atoms with E-state index in [9.17, 15) is 0 Å². The molecule has 0 bridgehead atoms. The Labute approximate surface area is 263 Å². The Balaban J connectivity index is 1.38. The summed E-state index contributed by atoms with van der Waals surface area (Å²) in [5.41, 5.74) is 7.58. The molecule has 224 valence electrons. The quantitative estimate of drug-likeness (QED) is 0.176. The molecular formula is C33H36ClN5O3S. The van der Waals surface area contributed by atoms with E-state index in [0.29, 0.717) is 29.1 Å². The summed E-state index contributed by atoms with van der Waals surface area (Å²) in [5.74, 6) is 0.608. The molecule has 2 aliphatic rings. The number of hydrogen-bond acceptors (Lipinski definition) is 6. The molecule has 0 radical (unpaired) electrons. The van der Waals surface area contributed by atoms with Crippen molar-refractivity contribution < 1.29 is 14.2 Å². The maximum absolute atomic E-state index is 6.71. The third-order valence-corrected chi connectivity index (χ3v) is 8.72. The number of pyridine rings is 1. The molecule has 6 rings (SSSR count).